The second-order valence-electron chi connectivity index (χ2n) is 5.82. The number of sulfonamides is 1. The maximum Gasteiger partial charge on any atom is 0.243 e. The number of aromatic nitrogens is 1. The van der Waals surface area contributed by atoms with Gasteiger partial charge in [0.25, 0.3) is 0 Å². The number of nitriles is 1. The molecule has 0 amide bonds. The van der Waals surface area contributed by atoms with Crippen molar-refractivity contribution in [2.24, 2.45) is 0 Å². The summed E-state index contributed by atoms with van der Waals surface area (Å²) in [5, 5.41) is 9.27. The predicted octanol–water partition coefficient (Wildman–Crippen LogP) is 2.43. The minimum absolute atomic E-state index is 0.216. The highest BCUT2D eigenvalue weighted by molar-refractivity contribution is 7.89. The molecular formula is C17H17ClN4O2S. The molecule has 0 unspecified atom stereocenters. The van der Waals surface area contributed by atoms with Gasteiger partial charge in [-0.25, -0.2) is 13.4 Å². The molecule has 8 heteroatoms. The van der Waals surface area contributed by atoms with E-state index < -0.39 is 10.0 Å². The Morgan fingerprint density at radius 1 is 1.16 bits per heavy atom. The molecule has 25 heavy (non-hydrogen) atoms. The third-order valence-corrected chi connectivity index (χ3v) is 6.52. The van der Waals surface area contributed by atoms with Crippen LogP contribution in [-0.2, 0) is 10.0 Å². The number of rotatable bonds is 3. The van der Waals surface area contributed by atoms with Crippen molar-refractivity contribution in [2.45, 2.75) is 11.8 Å². The highest BCUT2D eigenvalue weighted by Crippen LogP contribution is 2.24. The minimum atomic E-state index is -3.56. The smallest absolute Gasteiger partial charge is 0.243 e. The van der Waals surface area contributed by atoms with Gasteiger partial charge in [0, 0.05) is 37.4 Å². The molecule has 6 nitrogen and oxygen atoms in total. The molecule has 1 fully saturated rings. The molecular weight excluding hydrogens is 360 g/mol. The average molecular weight is 377 g/mol. The molecule has 0 bridgehead atoms. The van der Waals surface area contributed by atoms with Crippen molar-refractivity contribution < 1.29 is 8.42 Å². The van der Waals surface area contributed by atoms with E-state index in [-0.39, 0.29) is 4.90 Å². The van der Waals surface area contributed by atoms with Crippen molar-refractivity contribution in [2.75, 3.05) is 31.1 Å². The SMILES string of the molecule is Cc1ccc(S(=O)(=O)N2CCN(c3ccc(C#N)cn3)CC2)cc1Cl. The summed E-state index contributed by atoms with van der Waals surface area (Å²) in [4.78, 5) is 6.48. The summed E-state index contributed by atoms with van der Waals surface area (Å²) in [5.74, 6) is 0.745. The number of nitrogens with zero attached hydrogens (tertiary/aromatic N) is 4. The third-order valence-electron chi connectivity index (χ3n) is 4.22. The normalized spacial score (nSPS) is 15.8. The fraction of sp³-hybridized carbons (Fsp3) is 0.294. The van der Waals surface area contributed by atoms with Crippen LogP contribution in [0.2, 0.25) is 5.02 Å². The first-order chi connectivity index (χ1) is 11.9. The van der Waals surface area contributed by atoms with Gasteiger partial charge < -0.3 is 4.90 Å². The van der Waals surface area contributed by atoms with Crippen LogP contribution < -0.4 is 4.90 Å². The van der Waals surface area contributed by atoms with Gasteiger partial charge in [0.05, 0.1) is 10.5 Å². The lowest BCUT2D eigenvalue weighted by molar-refractivity contribution is 0.384. The Kier molecular flexibility index (Phi) is 4.95. The van der Waals surface area contributed by atoms with Gasteiger partial charge in [-0.1, -0.05) is 17.7 Å². The van der Waals surface area contributed by atoms with Crippen LogP contribution in [0, 0.1) is 18.3 Å². The molecule has 0 saturated carbocycles. The Morgan fingerprint density at radius 3 is 2.44 bits per heavy atom. The van der Waals surface area contributed by atoms with Crippen LogP contribution >= 0.6 is 11.6 Å². The predicted molar refractivity (Wildman–Crippen MR) is 96.1 cm³/mol. The fourth-order valence-corrected chi connectivity index (χ4v) is 4.37. The van der Waals surface area contributed by atoms with Crippen molar-refractivity contribution in [3.8, 4) is 6.07 Å². The van der Waals surface area contributed by atoms with Gasteiger partial charge in [-0.15, -0.1) is 0 Å². The molecule has 2 heterocycles. The number of pyridine rings is 1. The van der Waals surface area contributed by atoms with E-state index in [9.17, 15) is 8.42 Å². The van der Waals surface area contributed by atoms with Gasteiger partial charge in [-0.3, -0.25) is 0 Å². The zero-order valence-electron chi connectivity index (χ0n) is 13.7. The summed E-state index contributed by atoms with van der Waals surface area (Å²) >= 11 is 6.06. The lowest BCUT2D eigenvalue weighted by Gasteiger charge is -2.34. The largest absolute Gasteiger partial charge is 0.354 e. The van der Waals surface area contributed by atoms with Crippen LogP contribution in [0.5, 0.6) is 0 Å². The summed E-state index contributed by atoms with van der Waals surface area (Å²) in [5.41, 5.74) is 1.35. The van der Waals surface area contributed by atoms with Gasteiger partial charge >= 0.3 is 0 Å². The number of piperazine rings is 1. The Morgan fingerprint density at radius 2 is 1.88 bits per heavy atom. The zero-order chi connectivity index (χ0) is 18.0. The quantitative estimate of drug-likeness (QED) is 0.822. The molecule has 1 aliphatic rings. The molecule has 130 valence electrons. The van der Waals surface area contributed by atoms with Crippen molar-refractivity contribution in [1.82, 2.24) is 9.29 Å². The lowest BCUT2D eigenvalue weighted by atomic mass is 10.2. The van der Waals surface area contributed by atoms with Crippen LogP contribution in [-0.4, -0.2) is 43.9 Å². The molecule has 0 atom stereocenters. The van der Waals surface area contributed by atoms with E-state index in [1.807, 2.05) is 17.9 Å². The minimum Gasteiger partial charge on any atom is -0.354 e. The monoisotopic (exact) mass is 376 g/mol. The molecule has 0 N–H and O–H groups in total. The van der Waals surface area contributed by atoms with Crippen LogP contribution in [0.1, 0.15) is 11.1 Å². The first-order valence-corrected chi connectivity index (χ1v) is 9.61. The Hall–Kier alpha value is -2.14. The van der Waals surface area contributed by atoms with Crippen molar-refractivity contribution in [1.29, 1.82) is 5.26 Å². The molecule has 0 radical (unpaired) electrons. The topological polar surface area (TPSA) is 77.3 Å². The number of anilines is 1. The molecule has 3 rings (SSSR count). The van der Waals surface area contributed by atoms with Gasteiger partial charge in [-0.2, -0.15) is 9.57 Å². The first kappa shape index (κ1) is 17.7. The third kappa shape index (κ3) is 3.61. The van der Waals surface area contributed by atoms with E-state index in [2.05, 4.69) is 4.98 Å². The van der Waals surface area contributed by atoms with E-state index in [0.29, 0.717) is 36.8 Å². The summed E-state index contributed by atoms with van der Waals surface area (Å²) in [6.07, 6.45) is 1.52. The number of hydrogen-bond acceptors (Lipinski definition) is 5. The lowest BCUT2D eigenvalue weighted by Crippen LogP contribution is -2.48. The Labute approximate surface area is 152 Å². The first-order valence-electron chi connectivity index (χ1n) is 7.79. The molecule has 2 aromatic rings. The van der Waals surface area contributed by atoms with Crippen molar-refractivity contribution >= 4 is 27.4 Å². The van der Waals surface area contributed by atoms with E-state index in [1.165, 1.54) is 16.6 Å². The van der Waals surface area contributed by atoms with Crippen LogP contribution in [0.3, 0.4) is 0 Å². The average Bonchev–Trinajstić information content (AvgIpc) is 2.64. The van der Waals surface area contributed by atoms with Crippen molar-refractivity contribution in [3.05, 3.63) is 52.7 Å². The Bertz CT molecular complexity index is 915. The number of halogens is 1. The van der Waals surface area contributed by atoms with E-state index in [1.54, 1.807) is 24.3 Å². The van der Waals surface area contributed by atoms with Gasteiger partial charge in [0.1, 0.15) is 11.9 Å². The van der Waals surface area contributed by atoms with Gasteiger partial charge in [-0.05, 0) is 36.8 Å². The second-order valence-corrected chi connectivity index (χ2v) is 8.16. The highest BCUT2D eigenvalue weighted by Gasteiger charge is 2.29. The van der Waals surface area contributed by atoms with Crippen LogP contribution in [0.15, 0.2) is 41.4 Å². The van der Waals surface area contributed by atoms with E-state index in [0.717, 1.165) is 11.4 Å². The zero-order valence-corrected chi connectivity index (χ0v) is 15.3. The fourth-order valence-electron chi connectivity index (χ4n) is 2.68. The molecule has 1 saturated heterocycles. The Balaban J connectivity index is 1.72. The molecule has 0 aliphatic carbocycles. The van der Waals surface area contributed by atoms with Crippen molar-refractivity contribution in [3.63, 3.8) is 0 Å². The van der Waals surface area contributed by atoms with E-state index >= 15 is 0 Å². The van der Waals surface area contributed by atoms with Gasteiger partial charge in [0.2, 0.25) is 10.0 Å². The summed E-state index contributed by atoms with van der Waals surface area (Å²) in [7, 11) is -3.56. The number of hydrogen-bond donors (Lipinski definition) is 0. The highest BCUT2D eigenvalue weighted by atomic mass is 35.5. The van der Waals surface area contributed by atoms with E-state index in [4.69, 9.17) is 16.9 Å². The van der Waals surface area contributed by atoms with Gasteiger partial charge in [0.15, 0.2) is 0 Å². The molecule has 1 aromatic heterocycles. The summed E-state index contributed by atoms with van der Waals surface area (Å²) in [6, 6.07) is 10.3. The number of aryl methyl sites for hydroxylation is 1. The van der Waals surface area contributed by atoms with Crippen LogP contribution in [0.4, 0.5) is 5.82 Å². The molecule has 1 aliphatic heterocycles. The summed E-state index contributed by atoms with van der Waals surface area (Å²) in [6.45, 7) is 3.66. The number of benzene rings is 1. The maximum absolute atomic E-state index is 12.8. The second kappa shape index (κ2) is 7.00. The molecule has 1 aromatic carbocycles. The summed E-state index contributed by atoms with van der Waals surface area (Å²) < 4.78 is 27.0. The standard InChI is InChI=1S/C17H17ClN4O2S/c1-13-2-4-15(10-16(13)18)25(23,24)22-8-6-21(7-9-22)17-5-3-14(11-19)12-20-17/h2-5,10,12H,6-9H2,1H3. The van der Waals surface area contributed by atoms with Crippen LogP contribution in [0.25, 0.3) is 0 Å². The molecule has 0 spiro atoms. The maximum atomic E-state index is 12.8.